The molecule has 1 unspecified atom stereocenters. The van der Waals surface area contributed by atoms with Crippen molar-refractivity contribution in [3.8, 4) is 5.75 Å². The number of carbonyl (C=O) groups is 2. The van der Waals surface area contributed by atoms with Gasteiger partial charge in [0.2, 0.25) is 5.91 Å². The molecule has 0 bridgehead atoms. The lowest BCUT2D eigenvalue weighted by Gasteiger charge is -2.30. The summed E-state index contributed by atoms with van der Waals surface area (Å²) in [6.07, 6.45) is 0. The zero-order valence-corrected chi connectivity index (χ0v) is 18.4. The van der Waals surface area contributed by atoms with E-state index in [9.17, 15) is 9.59 Å². The van der Waals surface area contributed by atoms with E-state index in [1.54, 1.807) is 31.4 Å². The first-order valence-corrected chi connectivity index (χ1v) is 9.74. The second-order valence-corrected chi connectivity index (χ2v) is 9.32. The van der Waals surface area contributed by atoms with Gasteiger partial charge in [0.1, 0.15) is 11.8 Å². The number of nitrogens with one attached hydrogen (secondary N) is 1. The molecule has 0 fully saturated rings. The van der Waals surface area contributed by atoms with Crippen LogP contribution in [0.15, 0.2) is 42.5 Å². The average Bonchev–Trinajstić information content (AvgIpc) is 2.63. The Labute approximate surface area is 173 Å². The SMILES string of the molecule is COc1c(C(C)(C)C)cc(C(=O)NC(C(N)=O)c2ccccc2)cc1C(C)(C)C. The fourth-order valence-electron chi connectivity index (χ4n) is 3.27. The number of rotatable bonds is 5. The number of hydrogen-bond acceptors (Lipinski definition) is 3. The second-order valence-electron chi connectivity index (χ2n) is 9.32. The molecule has 29 heavy (non-hydrogen) atoms. The van der Waals surface area contributed by atoms with Crippen LogP contribution in [0.1, 0.15) is 74.6 Å². The largest absolute Gasteiger partial charge is 0.496 e. The van der Waals surface area contributed by atoms with E-state index in [2.05, 4.69) is 46.9 Å². The van der Waals surface area contributed by atoms with Gasteiger partial charge in [0.25, 0.3) is 5.91 Å². The molecule has 0 aliphatic heterocycles. The van der Waals surface area contributed by atoms with Crippen molar-refractivity contribution in [2.75, 3.05) is 7.11 Å². The number of methoxy groups -OCH3 is 1. The van der Waals surface area contributed by atoms with E-state index >= 15 is 0 Å². The lowest BCUT2D eigenvalue weighted by Crippen LogP contribution is -2.37. The molecule has 156 valence electrons. The predicted molar refractivity (Wildman–Crippen MR) is 116 cm³/mol. The molecule has 5 nitrogen and oxygen atoms in total. The van der Waals surface area contributed by atoms with Gasteiger partial charge in [0, 0.05) is 16.7 Å². The monoisotopic (exact) mass is 396 g/mol. The van der Waals surface area contributed by atoms with Gasteiger partial charge in [-0.2, -0.15) is 0 Å². The summed E-state index contributed by atoms with van der Waals surface area (Å²) in [5.74, 6) is -0.169. The third-order valence-electron chi connectivity index (χ3n) is 4.86. The van der Waals surface area contributed by atoms with E-state index in [0.29, 0.717) is 11.1 Å². The van der Waals surface area contributed by atoms with Gasteiger partial charge >= 0.3 is 0 Å². The van der Waals surface area contributed by atoms with E-state index in [4.69, 9.17) is 10.5 Å². The maximum absolute atomic E-state index is 13.1. The maximum atomic E-state index is 13.1. The Bertz CT molecular complexity index is 856. The summed E-state index contributed by atoms with van der Waals surface area (Å²) in [5.41, 5.74) is 8.10. The maximum Gasteiger partial charge on any atom is 0.252 e. The predicted octanol–water partition coefficient (Wildman–Crippen LogP) is 4.25. The summed E-state index contributed by atoms with van der Waals surface area (Å²) in [6.45, 7) is 12.5. The number of benzene rings is 2. The fraction of sp³-hybridized carbons (Fsp3) is 0.417. The van der Waals surface area contributed by atoms with Crippen LogP contribution in [-0.2, 0) is 15.6 Å². The molecule has 2 amide bonds. The molecule has 0 saturated carbocycles. The molecule has 2 aromatic rings. The van der Waals surface area contributed by atoms with Crippen LogP contribution in [0.3, 0.4) is 0 Å². The van der Waals surface area contributed by atoms with Gasteiger partial charge in [-0.15, -0.1) is 0 Å². The van der Waals surface area contributed by atoms with Crippen molar-refractivity contribution in [1.82, 2.24) is 5.32 Å². The number of hydrogen-bond donors (Lipinski definition) is 2. The average molecular weight is 397 g/mol. The molecule has 0 radical (unpaired) electrons. The summed E-state index contributed by atoms with van der Waals surface area (Å²) in [4.78, 5) is 25.1. The Morgan fingerprint density at radius 3 is 1.79 bits per heavy atom. The molecule has 0 heterocycles. The summed E-state index contributed by atoms with van der Waals surface area (Å²) in [6, 6.07) is 11.8. The van der Waals surface area contributed by atoms with Crippen molar-refractivity contribution in [1.29, 1.82) is 0 Å². The van der Waals surface area contributed by atoms with Gasteiger partial charge in [-0.1, -0.05) is 71.9 Å². The topological polar surface area (TPSA) is 81.4 Å². The van der Waals surface area contributed by atoms with Crippen LogP contribution in [0.4, 0.5) is 0 Å². The van der Waals surface area contributed by atoms with E-state index < -0.39 is 11.9 Å². The van der Waals surface area contributed by atoms with E-state index in [0.717, 1.165) is 16.9 Å². The van der Waals surface area contributed by atoms with Crippen LogP contribution < -0.4 is 15.8 Å². The molecule has 1 atom stereocenters. The van der Waals surface area contributed by atoms with Crippen molar-refractivity contribution in [3.05, 3.63) is 64.7 Å². The number of nitrogens with two attached hydrogens (primary N) is 1. The highest BCUT2D eigenvalue weighted by molar-refractivity contribution is 5.98. The van der Waals surface area contributed by atoms with E-state index in [-0.39, 0.29) is 16.7 Å². The Hall–Kier alpha value is -2.82. The summed E-state index contributed by atoms with van der Waals surface area (Å²) >= 11 is 0. The van der Waals surface area contributed by atoms with E-state index in [1.807, 2.05) is 18.2 Å². The highest BCUT2D eigenvalue weighted by Gasteiger charge is 2.29. The molecular weight excluding hydrogens is 364 g/mol. The van der Waals surface area contributed by atoms with Gasteiger partial charge in [0.15, 0.2) is 0 Å². The first kappa shape index (κ1) is 22.5. The summed E-state index contributed by atoms with van der Waals surface area (Å²) in [7, 11) is 1.65. The fourth-order valence-corrected chi connectivity index (χ4v) is 3.27. The van der Waals surface area contributed by atoms with Crippen LogP contribution in [-0.4, -0.2) is 18.9 Å². The highest BCUT2D eigenvalue weighted by atomic mass is 16.5. The summed E-state index contributed by atoms with van der Waals surface area (Å²) in [5, 5.41) is 2.79. The lowest BCUT2D eigenvalue weighted by molar-refractivity contribution is -0.120. The minimum atomic E-state index is -0.901. The van der Waals surface area contributed by atoms with Crippen LogP contribution in [0.2, 0.25) is 0 Å². The quantitative estimate of drug-likeness (QED) is 0.793. The minimum Gasteiger partial charge on any atom is -0.496 e. The van der Waals surface area contributed by atoms with Gasteiger partial charge in [-0.3, -0.25) is 9.59 Å². The van der Waals surface area contributed by atoms with Crippen LogP contribution >= 0.6 is 0 Å². The van der Waals surface area contributed by atoms with Gasteiger partial charge in [-0.25, -0.2) is 0 Å². The Morgan fingerprint density at radius 2 is 1.41 bits per heavy atom. The zero-order chi connectivity index (χ0) is 22.0. The van der Waals surface area contributed by atoms with Crippen LogP contribution in [0, 0.1) is 0 Å². The first-order valence-electron chi connectivity index (χ1n) is 9.74. The number of ether oxygens (including phenoxy) is 1. The molecule has 0 aliphatic carbocycles. The molecule has 5 heteroatoms. The third kappa shape index (κ3) is 5.17. The van der Waals surface area contributed by atoms with Crippen LogP contribution in [0.5, 0.6) is 5.75 Å². The smallest absolute Gasteiger partial charge is 0.252 e. The molecular formula is C24H32N2O3. The number of amides is 2. The molecule has 0 spiro atoms. The van der Waals surface area contributed by atoms with Gasteiger partial charge in [-0.05, 0) is 28.5 Å². The molecule has 0 aromatic heterocycles. The second kappa shape index (κ2) is 8.27. The number of carbonyl (C=O) groups excluding carboxylic acids is 2. The highest BCUT2D eigenvalue weighted by Crippen LogP contribution is 2.40. The minimum absolute atomic E-state index is 0.232. The van der Waals surface area contributed by atoms with E-state index in [1.165, 1.54) is 0 Å². The number of primary amides is 1. The molecule has 2 aromatic carbocycles. The van der Waals surface area contributed by atoms with Crippen molar-refractivity contribution in [2.45, 2.75) is 58.4 Å². The first-order chi connectivity index (χ1) is 13.4. The van der Waals surface area contributed by atoms with Gasteiger partial charge < -0.3 is 15.8 Å². The molecule has 0 saturated heterocycles. The lowest BCUT2D eigenvalue weighted by atomic mass is 9.78. The van der Waals surface area contributed by atoms with Crippen molar-refractivity contribution >= 4 is 11.8 Å². The standard InChI is InChI=1S/C24H32N2O3/c1-23(2,3)17-13-16(14-18(20(17)29-7)24(4,5)6)22(28)26-19(21(25)27)15-11-9-8-10-12-15/h8-14,19H,1-7H3,(H2,25,27)(H,26,28). The van der Waals surface area contributed by atoms with Crippen molar-refractivity contribution in [2.24, 2.45) is 5.73 Å². The Morgan fingerprint density at radius 1 is 0.931 bits per heavy atom. The van der Waals surface area contributed by atoms with Crippen LogP contribution in [0.25, 0.3) is 0 Å². The Balaban J connectivity index is 2.55. The normalized spacial score (nSPS) is 12.9. The molecule has 2 rings (SSSR count). The Kier molecular flexibility index (Phi) is 6.41. The molecule has 3 N–H and O–H groups in total. The third-order valence-corrected chi connectivity index (χ3v) is 4.86. The summed E-state index contributed by atoms with van der Waals surface area (Å²) < 4.78 is 5.75. The van der Waals surface area contributed by atoms with Gasteiger partial charge in [0.05, 0.1) is 7.11 Å². The molecule has 0 aliphatic rings. The zero-order valence-electron chi connectivity index (χ0n) is 18.4. The van der Waals surface area contributed by atoms with Crippen molar-refractivity contribution in [3.63, 3.8) is 0 Å². The van der Waals surface area contributed by atoms with Crippen molar-refractivity contribution < 1.29 is 14.3 Å².